The zero-order valence-electron chi connectivity index (χ0n) is 11.3. The molecule has 0 saturated heterocycles. The molecular formula is C15H13F2NO3. The van der Waals surface area contributed by atoms with Crippen molar-refractivity contribution in [2.75, 3.05) is 0 Å². The summed E-state index contributed by atoms with van der Waals surface area (Å²) in [5, 5.41) is 9.05. The number of ether oxygens (including phenoxy) is 1. The van der Waals surface area contributed by atoms with Crippen molar-refractivity contribution in [1.82, 2.24) is 4.98 Å². The third-order valence-electron chi connectivity index (χ3n) is 2.72. The SMILES string of the molecule is CCCc1cc(C(=O)O)cc(Oc2cc(F)ccc2F)n1. The number of carboxylic acids is 1. The van der Waals surface area contributed by atoms with Gasteiger partial charge in [0.1, 0.15) is 5.82 Å². The molecule has 1 aromatic heterocycles. The van der Waals surface area contributed by atoms with E-state index in [1.807, 2.05) is 6.92 Å². The Morgan fingerprint density at radius 2 is 2.05 bits per heavy atom. The second kappa shape index (κ2) is 6.30. The molecule has 2 aromatic rings. The molecule has 1 heterocycles. The van der Waals surface area contributed by atoms with Crippen LogP contribution in [0.3, 0.4) is 0 Å². The van der Waals surface area contributed by atoms with E-state index in [2.05, 4.69) is 4.98 Å². The van der Waals surface area contributed by atoms with Crippen LogP contribution in [-0.2, 0) is 6.42 Å². The standard InChI is InChI=1S/C15H13F2NO3/c1-2-3-11-6-9(15(19)20)7-14(18-11)21-13-8-10(16)4-5-12(13)17/h4-8H,2-3H2,1H3,(H,19,20). The van der Waals surface area contributed by atoms with E-state index in [0.29, 0.717) is 12.1 Å². The van der Waals surface area contributed by atoms with Gasteiger partial charge < -0.3 is 9.84 Å². The number of aryl methyl sites for hydroxylation is 1. The van der Waals surface area contributed by atoms with E-state index < -0.39 is 17.6 Å². The predicted molar refractivity (Wildman–Crippen MR) is 71.6 cm³/mol. The topological polar surface area (TPSA) is 59.4 Å². The maximum absolute atomic E-state index is 13.5. The molecule has 4 nitrogen and oxygen atoms in total. The minimum absolute atomic E-state index is 0.0136. The zero-order valence-corrected chi connectivity index (χ0v) is 11.3. The molecule has 0 aliphatic heterocycles. The highest BCUT2D eigenvalue weighted by atomic mass is 19.1. The molecule has 0 amide bonds. The van der Waals surface area contributed by atoms with Gasteiger partial charge in [0.15, 0.2) is 11.6 Å². The van der Waals surface area contributed by atoms with Gasteiger partial charge in [-0.3, -0.25) is 0 Å². The lowest BCUT2D eigenvalue weighted by molar-refractivity contribution is 0.0696. The number of aromatic carboxylic acids is 1. The highest BCUT2D eigenvalue weighted by Gasteiger charge is 2.12. The normalized spacial score (nSPS) is 10.4. The minimum Gasteiger partial charge on any atom is -0.478 e. The number of pyridine rings is 1. The van der Waals surface area contributed by atoms with E-state index in [4.69, 9.17) is 9.84 Å². The zero-order chi connectivity index (χ0) is 15.4. The molecule has 0 aliphatic rings. The lowest BCUT2D eigenvalue weighted by atomic mass is 10.1. The number of hydrogen-bond donors (Lipinski definition) is 1. The molecule has 21 heavy (non-hydrogen) atoms. The Morgan fingerprint density at radius 1 is 1.29 bits per heavy atom. The Hall–Kier alpha value is -2.50. The van der Waals surface area contributed by atoms with Gasteiger partial charge in [-0.25, -0.2) is 18.6 Å². The van der Waals surface area contributed by atoms with E-state index in [9.17, 15) is 13.6 Å². The molecule has 1 aromatic carbocycles. The first-order chi connectivity index (χ1) is 9.99. The molecule has 6 heteroatoms. The Labute approximate surface area is 120 Å². The van der Waals surface area contributed by atoms with Gasteiger partial charge >= 0.3 is 5.97 Å². The highest BCUT2D eigenvalue weighted by Crippen LogP contribution is 2.25. The number of benzene rings is 1. The Bertz CT molecular complexity index is 674. The summed E-state index contributed by atoms with van der Waals surface area (Å²) in [6.07, 6.45) is 1.33. The first-order valence-corrected chi connectivity index (χ1v) is 6.36. The van der Waals surface area contributed by atoms with Crippen LogP contribution in [0.1, 0.15) is 29.4 Å². The number of carbonyl (C=O) groups is 1. The fourth-order valence-electron chi connectivity index (χ4n) is 1.79. The number of halogens is 2. The molecule has 0 radical (unpaired) electrons. The Morgan fingerprint density at radius 3 is 2.71 bits per heavy atom. The molecule has 0 aliphatic carbocycles. The molecule has 1 N–H and O–H groups in total. The van der Waals surface area contributed by atoms with Gasteiger partial charge in [-0.2, -0.15) is 0 Å². The van der Waals surface area contributed by atoms with E-state index in [1.54, 1.807) is 0 Å². The van der Waals surface area contributed by atoms with Crippen LogP contribution in [0.15, 0.2) is 30.3 Å². The van der Waals surface area contributed by atoms with Crippen LogP contribution in [0.5, 0.6) is 11.6 Å². The van der Waals surface area contributed by atoms with Crippen molar-refractivity contribution in [3.05, 3.63) is 53.2 Å². The number of aromatic nitrogens is 1. The maximum Gasteiger partial charge on any atom is 0.335 e. The summed E-state index contributed by atoms with van der Waals surface area (Å²) in [7, 11) is 0. The number of hydrogen-bond acceptors (Lipinski definition) is 3. The quantitative estimate of drug-likeness (QED) is 0.910. The van der Waals surface area contributed by atoms with Crippen molar-refractivity contribution in [3.8, 4) is 11.6 Å². The summed E-state index contributed by atoms with van der Waals surface area (Å²) >= 11 is 0. The number of rotatable bonds is 5. The summed E-state index contributed by atoms with van der Waals surface area (Å²) in [4.78, 5) is 15.2. The summed E-state index contributed by atoms with van der Waals surface area (Å²) in [6, 6.07) is 5.38. The van der Waals surface area contributed by atoms with Crippen molar-refractivity contribution in [2.24, 2.45) is 0 Å². The van der Waals surface area contributed by atoms with Gasteiger partial charge in [0.05, 0.1) is 5.56 Å². The van der Waals surface area contributed by atoms with Gasteiger partial charge in [-0.1, -0.05) is 13.3 Å². The van der Waals surface area contributed by atoms with E-state index in [1.165, 1.54) is 12.1 Å². The van der Waals surface area contributed by atoms with Gasteiger partial charge in [-0.05, 0) is 24.6 Å². The van der Waals surface area contributed by atoms with Gasteiger partial charge in [0, 0.05) is 17.8 Å². The maximum atomic E-state index is 13.5. The Balaban J connectivity index is 2.38. The molecule has 0 saturated carbocycles. The third kappa shape index (κ3) is 3.75. The molecule has 110 valence electrons. The molecule has 0 fully saturated rings. The molecular weight excluding hydrogens is 280 g/mol. The van der Waals surface area contributed by atoms with Crippen molar-refractivity contribution < 1.29 is 23.4 Å². The monoisotopic (exact) mass is 293 g/mol. The Kier molecular flexibility index (Phi) is 4.47. The minimum atomic E-state index is -1.14. The fourth-order valence-corrected chi connectivity index (χ4v) is 1.79. The van der Waals surface area contributed by atoms with Crippen LogP contribution in [0.2, 0.25) is 0 Å². The summed E-state index contributed by atoms with van der Waals surface area (Å²) in [5.74, 6) is -2.97. The van der Waals surface area contributed by atoms with Crippen LogP contribution < -0.4 is 4.74 Å². The molecule has 0 atom stereocenters. The van der Waals surface area contributed by atoms with E-state index in [0.717, 1.165) is 24.6 Å². The summed E-state index contributed by atoms with van der Waals surface area (Å²) in [6.45, 7) is 1.92. The first-order valence-electron chi connectivity index (χ1n) is 6.36. The van der Waals surface area contributed by atoms with Crippen LogP contribution in [0.4, 0.5) is 8.78 Å². The van der Waals surface area contributed by atoms with Crippen LogP contribution in [0, 0.1) is 11.6 Å². The van der Waals surface area contributed by atoms with Crippen molar-refractivity contribution in [1.29, 1.82) is 0 Å². The summed E-state index contributed by atoms with van der Waals surface area (Å²) in [5.41, 5.74) is 0.504. The van der Waals surface area contributed by atoms with E-state index in [-0.39, 0.29) is 17.2 Å². The predicted octanol–water partition coefficient (Wildman–Crippen LogP) is 3.80. The number of nitrogens with zero attached hydrogens (tertiary/aromatic N) is 1. The second-order valence-electron chi connectivity index (χ2n) is 4.42. The van der Waals surface area contributed by atoms with E-state index >= 15 is 0 Å². The van der Waals surface area contributed by atoms with Crippen molar-refractivity contribution in [2.45, 2.75) is 19.8 Å². The molecule has 0 unspecified atom stereocenters. The van der Waals surface area contributed by atoms with Crippen LogP contribution in [0.25, 0.3) is 0 Å². The van der Waals surface area contributed by atoms with Crippen molar-refractivity contribution >= 4 is 5.97 Å². The van der Waals surface area contributed by atoms with Crippen molar-refractivity contribution in [3.63, 3.8) is 0 Å². The molecule has 2 rings (SSSR count). The van der Waals surface area contributed by atoms with Crippen LogP contribution >= 0.6 is 0 Å². The van der Waals surface area contributed by atoms with Gasteiger partial charge in [-0.15, -0.1) is 0 Å². The lowest BCUT2D eigenvalue weighted by Gasteiger charge is -2.09. The van der Waals surface area contributed by atoms with Gasteiger partial charge in [0.25, 0.3) is 0 Å². The smallest absolute Gasteiger partial charge is 0.335 e. The molecule has 0 spiro atoms. The largest absolute Gasteiger partial charge is 0.478 e. The number of carboxylic acid groups (broad SMARTS) is 1. The summed E-state index contributed by atoms with van der Waals surface area (Å²) < 4.78 is 31.8. The molecule has 0 bridgehead atoms. The lowest BCUT2D eigenvalue weighted by Crippen LogP contribution is -2.02. The fraction of sp³-hybridized carbons (Fsp3) is 0.200. The third-order valence-corrected chi connectivity index (χ3v) is 2.72. The first kappa shape index (κ1) is 14.9. The second-order valence-corrected chi connectivity index (χ2v) is 4.42. The van der Waals surface area contributed by atoms with Crippen LogP contribution in [-0.4, -0.2) is 16.1 Å². The average Bonchev–Trinajstić information content (AvgIpc) is 2.43. The highest BCUT2D eigenvalue weighted by molar-refractivity contribution is 5.88. The van der Waals surface area contributed by atoms with Gasteiger partial charge in [0.2, 0.25) is 5.88 Å². The average molecular weight is 293 g/mol.